The molecule has 9 heteroatoms. The molecule has 1 aliphatic rings. The topological polar surface area (TPSA) is 86.8 Å². The zero-order valence-corrected chi connectivity index (χ0v) is 25.4. The van der Waals surface area contributed by atoms with Crippen LogP contribution in [0.3, 0.4) is 0 Å². The number of amides is 2. The van der Waals surface area contributed by atoms with Crippen LogP contribution in [0.1, 0.15) is 62.1 Å². The molecular weight excluding hydrogens is 553 g/mol. The van der Waals surface area contributed by atoms with Crippen molar-refractivity contribution in [3.63, 3.8) is 0 Å². The van der Waals surface area contributed by atoms with E-state index in [-0.39, 0.29) is 23.4 Å². The molecule has 0 aliphatic heterocycles. The van der Waals surface area contributed by atoms with Crippen LogP contribution >= 0.6 is 0 Å². The van der Waals surface area contributed by atoms with Crippen molar-refractivity contribution >= 4 is 27.5 Å². The van der Waals surface area contributed by atoms with Crippen molar-refractivity contribution in [1.29, 1.82) is 0 Å². The largest absolute Gasteiger partial charge is 0.352 e. The molecule has 1 saturated carbocycles. The third kappa shape index (κ3) is 7.56. The summed E-state index contributed by atoms with van der Waals surface area (Å²) in [6, 6.07) is 18.5. The number of sulfonamides is 1. The Balaban J connectivity index is 1.72. The van der Waals surface area contributed by atoms with E-state index in [0.717, 1.165) is 42.0 Å². The highest BCUT2D eigenvalue weighted by atomic mass is 32.2. The van der Waals surface area contributed by atoms with E-state index in [9.17, 15) is 22.4 Å². The molecule has 0 saturated heterocycles. The fourth-order valence-corrected chi connectivity index (χ4v) is 6.96. The van der Waals surface area contributed by atoms with Gasteiger partial charge < -0.3 is 10.2 Å². The summed E-state index contributed by atoms with van der Waals surface area (Å²) in [6.45, 7) is 5.02. The first kappa shape index (κ1) is 31.2. The summed E-state index contributed by atoms with van der Waals surface area (Å²) < 4.78 is 42.9. The molecule has 7 nitrogen and oxygen atoms in total. The van der Waals surface area contributed by atoms with E-state index in [1.807, 2.05) is 26.0 Å². The Morgan fingerprint density at radius 3 is 2.26 bits per heavy atom. The Labute approximate surface area is 248 Å². The van der Waals surface area contributed by atoms with Gasteiger partial charge in [0.1, 0.15) is 18.4 Å². The normalized spacial score (nSPS) is 14.7. The van der Waals surface area contributed by atoms with Crippen molar-refractivity contribution in [2.45, 2.75) is 82.8 Å². The SMILES string of the molecule is CC[C@H](C(=O)NC1CCCCC1)N(Cc1ccc(F)cc1)C(=O)CN(c1cc(C)ccc1C)S(=O)(=O)c1ccccc1. The molecule has 0 aromatic heterocycles. The number of nitrogens with one attached hydrogen (secondary N) is 1. The Kier molecular flexibility index (Phi) is 10.4. The summed E-state index contributed by atoms with van der Waals surface area (Å²) >= 11 is 0. The molecule has 3 aromatic carbocycles. The van der Waals surface area contributed by atoms with Gasteiger partial charge in [0.2, 0.25) is 11.8 Å². The molecule has 0 bridgehead atoms. The van der Waals surface area contributed by atoms with Gasteiger partial charge >= 0.3 is 0 Å². The van der Waals surface area contributed by atoms with Gasteiger partial charge in [-0.05, 0) is 80.1 Å². The zero-order chi connectivity index (χ0) is 30.3. The van der Waals surface area contributed by atoms with Gasteiger partial charge in [-0.25, -0.2) is 12.8 Å². The third-order valence-electron chi connectivity index (χ3n) is 7.85. The summed E-state index contributed by atoms with van der Waals surface area (Å²) in [4.78, 5) is 29.3. The molecule has 42 heavy (non-hydrogen) atoms. The van der Waals surface area contributed by atoms with Crippen LogP contribution in [0.4, 0.5) is 10.1 Å². The molecule has 1 aliphatic carbocycles. The lowest BCUT2D eigenvalue weighted by molar-refractivity contribution is -0.140. The quantitative estimate of drug-likeness (QED) is 0.300. The number of hydrogen-bond acceptors (Lipinski definition) is 4. The number of benzene rings is 3. The molecule has 0 unspecified atom stereocenters. The molecule has 0 spiro atoms. The van der Waals surface area contributed by atoms with Crippen LogP contribution < -0.4 is 9.62 Å². The van der Waals surface area contributed by atoms with Crippen LogP contribution in [-0.2, 0) is 26.2 Å². The van der Waals surface area contributed by atoms with Crippen molar-refractivity contribution in [3.05, 3.63) is 95.3 Å². The molecule has 0 heterocycles. The van der Waals surface area contributed by atoms with E-state index in [1.54, 1.807) is 43.3 Å². The Bertz CT molecular complexity index is 1470. The number of carbonyl (C=O) groups excluding carboxylic acids is 2. The van der Waals surface area contributed by atoms with E-state index in [0.29, 0.717) is 23.2 Å². The predicted octanol–water partition coefficient (Wildman–Crippen LogP) is 5.89. The monoisotopic (exact) mass is 593 g/mol. The van der Waals surface area contributed by atoms with Crippen LogP contribution in [-0.4, -0.2) is 43.8 Å². The van der Waals surface area contributed by atoms with E-state index in [2.05, 4.69) is 5.32 Å². The zero-order valence-electron chi connectivity index (χ0n) is 24.6. The molecule has 0 radical (unpaired) electrons. The standard InChI is InChI=1S/C33H40FN3O4S/c1-4-30(33(39)35-28-11-7-5-8-12-28)36(22-26-17-19-27(34)20-18-26)32(38)23-37(31-21-24(2)15-16-25(31)3)42(40,41)29-13-9-6-10-14-29/h6,9-10,13-21,28,30H,4-5,7-8,11-12,22-23H2,1-3H3,(H,35,39)/t30-/m1/s1. The van der Waals surface area contributed by atoms with E-state index < -0.39 is 34.3 Å². The van der Waals surface area contributed by atoms with Crippen LogP contribution in [0.15, 0.2) is 77.7 Å². The summed E-state index contributed by atoms with van der Waals surface area (Å²) in [5, 5.41) is 3.13. The molecule has 4 rings (SSSR count). The molecule has 3 aromatic rings. The highest BCUT2D eigenvalue weighted by Gasteiger charge is 2.35. The van der Waals surface area contributed by atoms with Crippen LogP contribution in [0.5, 0.6) is 0 Å². The summed E-state index contributed by atoms with van der Waals surface area (Å²) in [6.07, 6.45) is 5.35. The van der Waals surface area contributed by atoms with Crippen molar-refractivity contribution in [2.24, 2.45) is 0 Å². The lowest BCUT2D eigenvalue weighted by atomic mass is 9.95. The molecular formula is C33H40FN3O4S. The first-order chi connectivity index (χ1) is 20.1. The Morgan fingerprint density at radius 1 is 0.952 bits per heavy atom. The van der Waals surface area contributed by atoms with E-state index >= 15 is 0 Å². The van der Waals surface area contributed by atoms with Crippen LogP contribution in [0.2, 0.25) is 0 Å². The minimum atomic E-state index is -4.14. The molecule has 224 valence electrons. The highest BCUT2D eigenvalue weighted by molar-refractivity contribution is 7.92. The number of hydrogen-bond donors (Lipinski definition) is 1. The van der Waals surface area contributed by atoms with Crippen molar-refractivity contribution < 1.29 is 22.4 Å². The maximum absolute atomic E-state index is 14.2. The second-order valence-electron chi connectivity index (χ2n) is 11.0. The smallest absolute Gasteiger partial charge is 0.264 e. The highest BCUT2D eigenvalue weighted by Crippen LogP contribution is 2.29. The lowest BCUT2D eigenvalue weighted by Gasteiger charge is -2.34. The first-order valence-electron chi connectivity index (χ1n) is 14.6. The third-order valence-corrected chi connectivity index (χ3v) is 9.62. The van der Waals surface area contributed by atoms with Crippen LogP contribution in [0, 0.1) is 19.7 Å². The average molecular weight is 594 g/mol. The van der Waals surface area contributed by atoms with Gasteiger partial charge in [-0.3, -0.25) is 13.9 Å². The number of nitrogens with zero attached hydrogens (tertiary/aromatic N) is 2. The summed E-state index contributed by atoms with van der Waals surface area (Å²) in [5.41, 5.74) is 2.57. The van der Waals surface area contributed by atoms with Gasteiger partial charge in [0.15, 0.2) is 0 Å². The van der Waals surface area contributed by atoms with Gasteiger partial charge in [-0.2, -0.15) is 0 Å². The second kappa shape index (κ2) is 14.0. The lowest BCUT2D eigenvalue weighted by Crippen LogP contribution is -2.54. The number of anilines is 1. The molecule has 1 fully saturated rings. The average Bonchev–Trinajstić information content (AvgIpc) is 2.99. The second-order valence-corrected chi connectivity index (χ2v) is 12.9. The predicted molar refractivity (Wildman–Crippen MR) is 163 cm³/mol. The fourth-order valence-electron chi connectivity index (χ4n) is 5.47. The number of rotatable bonds is 11. The number of halogens is 1. The summed E-state index contributed by atoms with van der Waals surface area (Å²) in [7, 11) is -4.14. The maximum atomic E-state index is 14.2. The van der Waals surface area contributed by atoms with Crippen molar-refractivity contribution in [3.8, 4) is 0 Å². The van der Waals surface area contributed by atoms with Gasteiger partial charge in [0, 0.05) is 12.6 Å². The van der Waals surface area contributed by atoms with Gasteiger partial charge in [-0.1, -0.05) is 68.7 Å². The first-order valence-corrected chi connectivity index (χ1v) is 16.0. The fraction of sp³-hybridized carbons (Fsp3) is 0.394. The van der Waals surface area contributed by atoms with Crippen molar-refractivity contribution in [2.75, 3.05) is 10.8 Å². The van der Waals surface area contributed by atoms with Gasteiger partial charge in [0.25, 0.3) is 10.0 Å². The number of aryl methyl sites for hydroxylation is 2. The molecule has 2 amide bonds. The molecule has 1 atom stereocenters. The number of carbonyl (C=O) groups is 2. The van der Waals surface area contributed by atoms with E-state index in [4.69, 9.17) is 0 Å². The Morgan fingerprint density at radius 2 is 1.62 bits per heavy atom. The molecule has 1 N–H and O–H groups in total. The van der Waals surface area contributed by atoms with Gasteiger partial charge in [-0.15, -0.1) is 0 Å². The Hall–Kier alpha value is -3.72. The van der Waals surface area contributed by atoms with Gasteiger partial charge in [0.05, 0.1) is 10.6 Å². The minimum Gasteiger partial charge on any atom is -0.352 e. The maximum Gasteiger partial charge on any atom is 0.264 e. The minimum absolute atomic E-state index is 0.0295. The summed E-state index contributed by atoms with van der Waals surface area (Å²) in [5.74, 6) is -1.19. The van der Waals surface area contributed by atoms with Crippen molar-refractivity contribution in [1.82, 2.24) is 10.2 Å². The van der Waals surface area contributed by atoms with Crippen LogP contribution in [0.25, 0.3) is 0 Å². The van der Waals surface area contributed by atoms with E-state index in [1.165, 1.54) is 29.2 Å².